The van der Waals surface area contributed by atoms with Crippen molar-refractivity contribution >= 4 is 0 Å². The Hall–Kier alpha value is -0.640. The molecule has 0 aliphatic carbocycles. The molecular formula is C10H20F8O2. The third-order valence-corrected chi connectivity index (χ3v) is 0.510. The summed E-state index contributed by atoms with van der Waals surface area (Å²) in [6.07, 6.45) is -7.58. The van der Waals surface area contributed by atoms with E-state index in [4.69, 9.17) is 5.11 Å². The molecule has 0 saturated heterocycles. The van der Waals surface area contributed by atoms with Crippen LogP contribution in [0.25, 0.3) is 0 Å². The number of halogens is 8. The number of methoxy groups -OCH3 is 1. The maximum absolute atomic E-state index is 11.2. The van der Waals surface area contributed by atoms with Gasteiger partial charge in [0.2, 0.25) is 5.85 Å². The maximum atomic E-state index is 11.2. The average molecular weight is 324 g/mol. The normalized spacial score (nSPS) is 11.1. The topological polar surface area (TPSA) is 29.5 Å². The highest BCUT2D eigenvalue weighted by Gasteiger charge is 2.26. The van der Waals surface area contributed by atoms with E-state index in [0.717, 1.165) is 21.0 Å². The van der Waals surface area contributed by atoms with Gasteiger partial charge in [-0.1, -0.05) is 0 Å². The van der Waals surface area contributed by atoms with Crippen molar-refractivity contribution in [1.82, 2.24) is 0 Å². The van der Waals surface area contributed by atoms with Crippen molar-refractivity contribution in [2.75, 3.05) is 20.5 Å². The van der Waals surface area contributed by atoms with Crippen molar-refractivity contribution in [3.63, 3.8) is 0 Å². The average Bonchev–Trinajstić information content (AvgIpc) is 2.15. The van der Waals surface area contributed by atoms with Crippen LogP contribution in [0.4, 0.5) is 35.1 Å². The Labute approximate surface area is 112 Å². The lowest BCUT2D eigenvalue weighted by Gasteiger charge is -2.03. The molecule has 0 amide bonds. The molecule has 0 aromatic rings. The lowest BCUT2D eigenvalue weighted by atomic mass is 10.4. The first kappa shape index (κ1) is 27.7. The molecule has 0 aliphatic rings. The second-order valence-electron chi connectivity index (χ2n) is 3.44. The van der Waals surface area contributed by atoms with Crippen molar-refractivity contribution in [1.29, 1.82) is 0 Å². The Bertz CT molecular complexity index is 163. The Morgan fingerprint density at radius 3 is 1.00 bits per heavy atom. The number of hydrogen-bond donors (Lipinski definition) is 1. The van der Waals surface area contributed by atoms with E-state index in [2.05, 4.69) is 4.74 Å². The van der Waals surface area contributed by atoms with Gasteiger partial charge in [-0.15, -0.1) is 0 Å². The molecule has 0 bridgehead atoms. The SMILES string of the molecule is CC(C)(O)F.CCF.COC(C)(F)F.FCC(F)(F)F. The lowest BCUT2D eigenvalue weighted by molar-refractivity contribution is -0.205. The van der Waals surface area contributed by atoms with Gasteiger partial charge in [0.25, 0.3) is 0 Å². The molecule has 0 unspecified atom stereocenters. The molecule has 20 heavy (non-hydrogen) atoms. The minimum atomic E-state index is -4.62. The van der Waals surface area contributed by atoms with Gasteiger partial charge in [-0.2, -0.15) is 22.0 Å². The number of alkyl halides is 8. The minimum Gasteiger partial charge on any atom is -0.362 e. The second kappa shape index (κ2) is 13.3. The van der Waals surface area contributed by atoms with Crippen LogP contribution in [-0.2, 0) is 4.74 Å². The molecule has 0 radical (unpaired) electrons. The maximum Gasteiger partial charge on any atom is 0.416 e. The number of rotatable bonds is 1. The van der Waals surface area contributed by atoms with Gasteiger partial charge in [0.1, 0.15) is 0 Å². The van der Waals surface area contributed by atoms with Crippen LogP contribution in [0.2, 0.25) is 0 Å². The van der Waals surface area contributed by atoms with Crippen LogP contribution in [0.15, 0.2) is 0 Å². The van der Waals surface area contributed by atoms with E-state index in [1.807, 2.05) is 0 Å². The molecule has 0 aromatic carbocycles. The fraction of sp³-hybridized carbons (Fsp3) is 1.00. The van der Waals surface area contributed by atoms with E-state index in [1.54, 1.807) is 0 Å². The summed E-state index contributed by atoms with van der Waals surface area (Å²) in [6.45, 7) is 1.82. The molecule has 0 aliphatic heterocycles. The quantitative estimate of drug-likeness (QED) is 0.723. The summed E-state index contributed by atoms with van der Waals surface area (Å²) in [5.74, 6) is -2.00. The van der Waals surface area contributed by atoms with Gasteiger partial charge in [0.05, 0.1) is 6.67 Å². The fourth-order valence-corrected chi connectivity index (χ4v) is 0. The van der Waals surface area contributed by atoms with Crippen LogP contribution in [0, 0.1) is 0 Å². The lowest BCUT2D eigenvalue weighted by Crippen LogP contribution is -2.10. The minimum absolute atomic E-state index is 0.250. The number of hydrogen-bond acceptors (Lipinski definition) is 2. The molecule has 10 heteroatoms. The molecule has 1 N–H and O–H groups in total. The van der Waals surface area contributed by atoms with E-state index in [-0.39, 0.29) is 6.67 Å². The summed E-state index contributed by atoms with van der Waals surface area (Å²) >= 11 is 0. The summed E-state index contributed by atoms with van der Waals surface area (Å²) in [4.78, 5) is 0. The molecule has 128 valence electrons. The zero-order valence-electron chi connectivity index (χ0n) is 11.8. The highest BCUT2D eigenvalue weighted by molar-refractivity contribution is 4.40. The summed E-state index contributed by atoms with van der Waals surface area (Å²) < 4.78 is 89.2. The molecule has 0 fully saturated rings. The predicted octanol–water partition coefficient (Wildman–Crippen LogP) is 4.42. The van der Waals surface area contributed by atoms with Crippen LogP contribution in [0.1, 0.15) is 27.7 Å². The predicted molar refractivity (Wildman–Crippen MR) is 58.7 cm³/mol. The first-order valence-electron chi connectivity index (χ1n) is 5.07. The third-order valence-electron chi connectivity index (χ3n) is 0.510. The van der Waals surface area contributed by atoms with E-state index < -0.39 is 24.8 Å². The van der Waals surface area contributed by atoms with Crippen molar-refractivity contribution in [3.8, 4) is 0 Å². The molecule has 0 aromatic heterocycles. The first-order valence-corrected chi connectivity index (χ1v) is 5.07. The second-order valence-corrected chi connectivity index (χ2v) is 3.44. The van der Waals surface area contributed by atoms with Gasteiger partial charge >= 0.3 is 12.3 Å². The molecule has 0 saturated carbocycles. The summed E-state index contributed by atoms with van der Waals surface area (Å²) in [6, 6.07) is 0. The van der Waals surface area contributed by atoms with Gasteiger partial charge in [-0.25, -0.2) is 8.78 Å². The van der Waals surface area contributed by atoms with Gasteiger partial charge in [-0.3, -0.25) is 4.39 Å². The van der Waals surface area contributed by atoms with E-state index in [9.17, 15) is 35.1 Å². The standard InChI is InChI=1S/C3H6F2O.C3H7FO.C2H2F4.C2H5F/c1-3(4,5)6-2;1-3(2,4)5;3-1-2(4,5)6;1-2-3/h1-2H3;5H,1-2H3;1H2;2H2,1H3. The number of aliphatic hydroxyl groups is 1. The largest absolute Gasteiger partial charge is 0.416 e. The van der Waals surface area contributed by atoms with E-state index in [0.29, 0.717) is 6.92 Å². The molecule has 0 rings (SSSR count). The zero-order chi connectivity index (χ0) is 17.6. The summed E-state index contributed by atoms with van der Waals surface area (Å²) in [5.41, 5.74) is 0. The number of ether oxygens (including phenoxy) is 1. The van der Waals surface area contributed by atoms with Gasteiger partial charge in [0, 0.05) is 14.0 Å². The van der Waals surface area contributed by atoms with Gasteiger partial charge in [0.15, 0.2) is 6.67 Å². The Balaban J connectivity index is -0.0000000879. The van der Waals surface area contributed by atoms with E-state index in [1.165, 1.54) is 6.92 Å². The third kappa shape index (κ3) is 162. The molecular weight excluding hydrogens is 304 g/mol. The molecule has 0 heterocycles. The van der Waals surface area contributed by atoms with Crippen LogP contribution >= 0.6 is 0 Å². The molecule has 0 spiro atoms. The van der Waals surface area contributed by atoms with Gasteiger partial charge in [-0.05, 0) is 20.8 Å². The van der Waals surface area contributed by atoms with Crippen LogP contribution < -0.4 is 0 Å². The van der Waals surface area contributed by atoms with Crippen LogP contribution in [0.3, 0.4) is 0 Å². The van der Waals surface area contributed by atoms with Crippen molar-refractivity contribution < 1.29 is 45.0 Å². The zero-order valence-corrected chi connectivity index (χ0v) is 11.8. The van der Waals surface area contributed by atoms with Crippen molar-refractivity contribution in [2.24, 2.45) is 0 Å². The Morgan fingerprint density at radius 2 is 1.00 bits per heavy atom. The van der Waals surface area contributed by atoms with Crippen LogP contribution in [-0.4, -0.2) is 43.7 Å². The Morgan fingerprint density at radius 1 is 0.900 bits per heavy atom. The monoisotopic (exact) mass is 324 g/mol. The van der Waals surface area contributed by atoms with Crippen molar-refractivity contribution in [3.05, 3.63) is 0 Å². The summed E-state index contributed by atoms with van der Waals surface area (Å²) in [5, 5.41) is 7.85. The molecule has 2 nitrogen and oxygen atoms in total. The first-order chi connectivity index (χ1) is 8.54. The summed E-state index contributed by atoms with van der Waals surface area (Å²) in [7, 11) is 0.958. The highest BCUT2D eigenvalue weighted by atomic mass is 19.4. The molecule has 0 atom stereocenters. The highest BCUT2D eigenvalue weighted by Crippen LogP contribution is 2.13. The smallest absolute Gasteiger partial charge is 0.362 e. The van der Waals surface area contributed by atoms with Crippen LogP contribution in [0.5, 0.6) is 0 Å². The Kier molecular flexibility index (Phi) is 18.5. The fourth-order valence-electron chi connectivity index (χ4n) is 0. The van der Waals surface area contributed by atoms with Crippen molar-refractivity contribution in [2.45, 2.75) is 45.8 Å². The van der Waals surface area contributed by atoms with E-state index >= 15 is 0 Å². The van der Waals surface area contributed by atoms with Gasteiger partial charge < -0.3 is 9.84 Å².